The Bertz CT molecular complexity index is 1640. The molecule has 0 unspecified atom stereocenters. The van der Waals surface area contributed by atoms with Crippen molar-refractivity contribution in [1.82, 2.24) is 10.2 Å². The molecule has 0 aliphatic carbocycles. The van der Waals surface area contributed by atoms with Crippen molar-refractivity contribution in [3.8, 4) is 0 Å². The number of benzene rings is 4. The number of nitrogens with one attached hydrogen (secondary N) is 1. The maximum atomic E-state index is 14.3. The number of halogens is 2. The number of nitrogens with zero attached hydrogens (tertiary/aromatic N) is 2. The summed E-state index contributed by atoms with van der Waals surface area (Å²) in [6.07, 6.45) is 0.170. The van der Waals surface area contributed by atoms with Crippen LogP contribution in [-0.2, 0) is 32.6 Å². The number of amides is 2. The van der Waals surface area contributed by atoms with Gasteiger partial charge in [0, 0.05) is 19.0 Å². The third kappa shape index (κ3) is 8.21. The average molecular weight is 622 g/mol. The molecule has 2 amide bonds. The summed E-state index contributed by atoms with van der Waals surface area (Å²) in [6, 6.07) is 27.7. The molecule has 224 valence electrons. The van der Waals surface area contributed by atoms with Crippen molar-refractivity contribution in [2.24, 2.45) is 0 Å². The molecule has 0 aromatic heterocycles. The molecule has 4 rings (SSSR count). The third-order valence-corrected chi connectivity index (χ3v) is 8.79. The molecule has 1 N–H and O–H groups in total. The van der Waals surface area contributed by atoms with E-state index < -0.39 is 40.2 Å². The van der Waals surface area contributed by atoms with Crippen molar-refractivity contribution < 1.29 is 22.4 Å². The lowest BCUT2D eigenvalue weighted by atomic mass is 10.0. The average Bonchev–Trinajstić information content (AvgIpc) is 2.99. The van der Waals surface area contributed by atoms with Crippen molar-refractivity contribution >= 4 is 39.1 Å². The molecule has 0 saturated heterocycles. The van der Waals surface area contributed by atoms with Crippen molar-refractivity contribution in [2.45, 2.75) is 43.8 Å². The van der Waals surface area contributed by atoms with Gasteiger partial charge in [-0.05, 0) is 61.4 Å². The van der Waals surface area contributed by atoms with Gasteiger partial charge >= 0.3 is 0 Å². The molecule has 0 spiro atoms. The minimum absolute atomic E-state index is 0.0220. The van der Waals surface area contributed by atoms with Gasteiger partial charge < -0.3 is 10.2 Å². The van der Waals surface area contributed by atoms with E-state index in [1.54, 1.807) is 36.4 Å². The van der Waals surface area contributed by atoms with Gasteiger partial charge in [-0.3, -0.25) is 13.9 Å². The largest absolute Gasteiger partial charge is 0.352 e. The Balaban J connectivity index is 1.80. The molecular formula is C33H33ClFN3O4S. The standard InChI is InChI=1S/C33H33ClFN3O4S/c1-24(2)36-33(40)31(21-25-11-5-3-6-12-25)37(22-26-17-19-27(35)20-18-26)32(39)23-38(30-16-10-9-15-29(30)34)43(41,42)28-13-7-4-8-14-28/h3-20,24,31H,21-23H2,1-2H3,(H,36,40)/t31-/m1/s1. The summed E-state index contributed by atoms with van der Waals surface area (Å²) in [5.41, 5.74) is 1.50. The number of hydrogen-bond donors (Lipinski definition) is 1. The lowest BCUT2D eigenvalue weighted by Gasteiger charge is -2.34. The fraction of sp³-hybridized carbons (Fsp3) is 0.212. The first-order valence-electron chi connectivity index (χ1n) is 13.8. The maximum absolute atomic E-state index is 14.3. The van der Waals surface area contributed by atoms with Crippen molar-refractivity contribution in [2.75, 3.05) is 10.8 Å². The number of carbonyl (C=O) groups is 2. The van der Waals surface area contributed by atoms with E-state index in [0.29, 0.717) is 5.56 Å². The minimum atomic E-state index is -4.26. The summed E-state index contributed by atoms with van der Waals surface area (Å²) < 4.78 is 42.6. The highest BCUT2D eigenvalue weighted by Gasteiger charge is 2.35. The lowest BCUT2D eigenvalue weighted by molar-refractivity contribution is -0.140. The molecule has 0 bridgehead atoms. The minimum Gasteiger partial charge on any atom is -0.352 e. The summed E-state index contributed by atoms with van der Waals surface area (Å²) in [5, 5.41) is 3.04. The monoisotopic (exact) mass is 621 g/mol. The highest BCUT2D eigenvalue weighted by atomic mass is 35.5. The lowest BCUT2D eigenvalue weighted by Crippen LogP contribution is -2.54. The van der Waals surface area contributed by atoms with Crippen LogP contribution in [0.2, 0.25) is 5.02 Å². The summed E-state index contributed by atoms with van der Waals surface area (Å²) in [5.74, 6) is -1.48. The van der Waals surface area contributed by atoms with Gasteiger partial charge in [-0.1, -0.05) is 84.4 Å². The van der Waals surface area contributed by atoms with Gasteiger partial charge in [0.1, 0.15) is 18.4 Å². The van der Waals surface area contributed by atoms with Crippen LogP contribution in [0.25, 0.3) is 0 Å². The van der Waals surface area contributed by atoms with E-state index >= 15 is 0 Å². The number of rotatable bonds is 12. The first-order chi connectivity index (χ1) is 20.6. The van der Waals surface area contributed by atoms with Gasteiger partial charge in [0.2, 0.25) is 11.8 Å². The molecule has 4 aromatic rings. The number of carbonyl (C=O) groups excluding carboxylic acids is 2. The Morgan fingerprint density at radius 1 is 0.814 bits per heavy atom. The van der Waals surface area contributed by atoms with Crippen LogP contribution in [0.3, 0.4) is 0 Å². The zero-order chi connectivity index (χ0) is 31.0. The number of para-hydroxylation sites is 1. The van der Waals surface area contributed by atoms with Crippen LogP contribution in [-0.4, -0.2) is 43.8 Å². The first kappa shape index (κ1) is 31.7. The third-order valence-electron chi connectivity index (χ3n) is 6.70. The van der Waals surface area contributed by atoms with E-state index in [4.69, 9.17) is 11.6 Å². The summed E-state index contributed by atoms with van der Waals surface area (Å²) in [6.45, 7) is 2.93. The van der Waals surface area contributed by atoms with Crippen molar-refractivity contribution in [1.29, 1.82) is 0 Å². The summed E-state index contributed by atoms with van der Waals surface area (Å²) in [4.78, 5) is 29.3. The van der Waals surface area contributed by atoms with Crippen molar-refractivity contribution in [3.63, 3.8) is 0 Å². The number of anilines is 1. The molecule has 43 heavy (non-hydrogen) atoms. The molecular weight excluding hydrogens is 589 g/mol. The first-order valence-corrected chi connectivity index (χ1v) is 15.6. The van der Waals surface area contributed by atoms with E-state index in [1.807, 2.05) is 44.2 Å². The van der Waals surface area contributed by atoms with Gasteiger partial charge in [-0.15, -0.1) is 0 Å². The number of hydrogen-bond acceptors (Lipinski definition) is 4. The zero-order valence-corrected chi connectivity index (χ0v) is 25.4. The Labute approximate surface area is 257 Å². The Morgan fingerprint density at radius 2 is 1.40 bits per heavy atom. The molecule has 4 aromatic carbocycles. The maximum Gasteiger partial charge on any atom is 0.264 e. The molecule has 0 saturated carbocycles. The highest BCUT2D eigenvalue weighted by molar-refractivity contribution is 7.92. The second-order valence-corrected chi connectivity index (χ2v) is 12.6. The highest BCUT2D eigenvalue weighted by Crippen LogP contribution is 2.31. The number of sulfonamides is 1. The molecule has 0 aliphatic heterocycles. The van der Waals surface area contributed by atoms with Gasteiger partial charge in [0.15, 0.2) is 0 Å². The molecule has 1 atom stereocenters. The zero-order valence-electron chi connectivity index (χ0n) is 23.9. The predicted octanol–water partition coefficient (Wildman–Crippen LogP) is 5.84. The van der Waals surface area contributed by atoms with Crippen LogP contribution in [0.1, 0.15) is 25.0 Å². The molecule has 0 aliphatic rings. The van der Waals surface area contributed by atoms with Crippen LogP contribution in [0, 0.1) is 5.82 Å². The van der Waals surface area contributed by atoms with Crippen LogP contribution >= 0.6 is 11.6 Å². The second kappa shape index (κ2) is 14.3. The van der Waals surface area contributed by atoms with Gasteiger partial charge in [-0.2, -0.15) is 0 Å². The topological polar surface area (TPSA) is 86.8 Å². The van der Waals surface area contributed by atoms with Crippen LogP contribution in [0.4, 0.5) is 10.1 Å². The quantitative estimate of drug-likeness (QED) is 0.215. The van der Waals surface area contributed by atoms with Crippen LogP contribution < -0.4 is 9.62 Å². The molecule has 7 nitrogen and oxygen atoms in total. The fourth-order valence-corrected chi connectivity index (χ4v) is 6.35. The summed E-state index contributed by atoms with van der Waals surface area (Å²) in [7, 11) is -4.26. The predicted molar refractivity (Wildman–Crippen MR) is 167 cm³/mol. The Hall–Kier alpha value is -4.21. The van der Waals surface area contributed by atoms with Gasteiger partial charge in [0.05, 0.1) is 15.6 Å². The van der Waals surface area contributed by atoms with Crippen LogP contribution in [0.15, 0.2) is 114 Å². The normalized spacial score (nSPS) is 12.0. The summed E-state index contributed by atoms with van der Waals surface area (Å²) >= 11 is 6.47. The van der Waals surface area contributed by atoms with Crippen LogP contribution in [0.5, 0.6) is 0 Å². The Kier molecular flexibility index (Phi) is 10.6. The molecule has 0 fully saturated rings. The van der Waals surface area contributed by atoms with E-state index in [0.717, 1.165) is 9.87 Å². The van der Waals surface area contributed by atoms with E-state index in [1.165, 1.54) is 47.4 Å². The SMILES string of the molecule is CC(C)NC(=O)[C@@H](Cc1ccccc1)N(Cc1ccc(F)cc1)C(=O)CN(c1ccccc1Cl)S(=O)(=O)c1ccccc1. The van der Waals surface area contributed by atoms with Gasteiger partial charge in [-0.25, -0.2) is 12.8 Å². The van der Waals surface area contributed by atoms with Gasteiger partial charge in [0.25, 0.3) is 10.0 Å². The molecule has 0 heterocycles. The molecule has 0 radical (unpaired) electrons. The van der Waals surface area contributed by atoms with E-state index in [2.05, 4.69) is 5.32 Å². The van der Waals surface area contributed by atoms with E-state index in [9.17, 15) is 22.4 Å². The smallest absolute Gasteiger partial charge is 0.264 e. The molecule has 10 heteroatoms. The Morgan fingerprint density at radius 3 is 2.00 bits per heavy atom. The van der Waals surface area contributed by atoms with E-state index in [-0.39, 0.29) is 34.6 Å². The fourth-order valence-electron chi connectivity index (χ4n) is 4.61. The second-order valence-electron chi connectivity index (χ2n) is 10.3. The van der Waals surface area contributed by atoms with Crippen molar-refractivity contribution in [3.05, 3.63) is 131 Å².